The number of nitrogens with zero attached hydrogens (tertiary/aromatic N) is 2. The smallest absolute Gasteiger partial charge is 0.280 e. The Morgan fingerprint density at radius 2 is 2.06 bits per heavy atom. The number of rotatable bonds is 2. The Bertz CT molecular complexity index is 634. The molecular formula is C11H9N3O3. The van der Waals surface area contributed by atoms with Gasteiger partial charge in [-0.3, -0.25) is 14.9 Å². The number of hydrogen-bond donors (Lipinski definition) is 1. The minimum Gasteiger partial charge on any atom is -0.306 e. The first-order chi connectivity index (χ1) is 8.08. The Morgan fingerprint density at radius 1 is 1.35 bits per heavy atom. The Hall–Kier alpha value is -2.50. The molecule has 6 heteroatoms. The highest BCUT2D eigenvalue weighted by molar-refractivity contribution is 5.67. The molecular weight excluding hydrogens is 222 g/mol. The molecule has 1 heterocycles. The molecule has 0 radical (unpaired) electrons. The summed E-state index contributed by atoms with van der Waals surface area (Å²) >= 11 is 0. The summed E-state index contributed by atoms with van der Waals surface area (Å²) < 4.78 is 0. The van der Waals surface area contributed by atoms with Crippen LogP contribution in [0, 0.1) is 17.0 Å². The Labute approximate surface area is 96.1 Å². The highest BCUT2D eigenvalue weighted by Gasteiger charge is 2.15. The molecule has 6 nitrogen and oxygen atoms in total. The molecule has 0 spiro atoms. The standard InChI is InChI=1S/C11H9N3O3/c1-7-6-10(15)13-11(12-7)8-4-2-3-5-9(8)14(16)17/h2-6H,1H3,(H,12,13,15). The van der Waals surface area contributed by atoms with Gasteiger partial charge in [0.15, 0.2) is 0 Å². The third kappa shape index (κ3) is 2.20. The molecule has 1 aromatic heterocycles. The normalized spacial score (nSPS) is 10.2. The SMILES string of the molecule is Cc1cc(=O)[nH]c(-c2ccccc2[N+](=O)[O-])n1. The maximum atomic E-state index is 11.3. The van der Waals surface area contributed by atoms with E-state index < -0.39 is 4.92 Å². The number of hydrogen-bond acceptors (Lipinski definition) is 4. The topological polar surface area (TPSA) is 88.9 Å². The minimum absolute atomic E-state index is 0.0822. The van der Waals surface area contributed by atoms with Crippen LogP contribution in [-0.2, 0) is 0 Å². The van der Waals surface area contributed by atoms with Crippen molar-refractivity contribution < 1.29 is 4.92 Å². The maximum Gasteiger partial charge on any atom is 0.280 e. The van der Waals surface area contributed by atoms with E-state index in [1.165, 1.54) is 12.1 Å². The lowest BCUT2D eigenvalue weighted by molar-refractivity contribution is -0.384. The molecule has 0 atom stereocenters. The van der Waals surface area contributed by atoms with Gasteiger partial charge in [-0.2, -0.15) is 0 Å². The van der Waals surface area contributed by atoms with Gasteiger partial charge in [-0.15, -0.1) is 0 Å². The van der Waals surface area contributed by atoms with Gasteiger partial charge < -0.3 is 4.98 Å². The highest BCUT2D eigenvalue weighted by Crippen LogP contribution is 2.25. The van der Waals surface area contributed by atoms with Crippen molar-refractivity contribution in [3.05, 3.63) is 56.5 Å². The third-order valence-corrected chi connectivity index (χ3v) is 2.23. The van der Waals surface area contributed by atoms with Gasteiger partial charge in [0.1, 0.15) is 5.82 Å². The van der Waals surface area contributed by atoms with Crippen molar-refractivity contribution in [3.8, 4) is 11.4 Å². The quantitative estimate of drug-likeness (QED) is 0.628. The summed E-state index contributed by atoms with van der Waals surface area (Å²) in [6.45, 7) is 1.66. The van der Waals surface area contributed by atoms with Gasteiger partial charge >= 0.3 is 0 Å². The van der Waals surface area contributed by atoms with E-state index in [0.717, 1.165) is 0 Å². The second-order valence-corrected chi connectivity index (χ2v) is 3.51. The van der Waals surface area contributed by atoms with Gasteiger partial charge in [0.2, 0.25) is 0 Å². The lowest BCUT2D eigenvalue weighted by atomic mass is 10.1. The molecule has 17 heavy (non-hydrogen) atoms. The minimum atomic E-state index is -0.502. The molecule has 0 aliphatic heterocycles. The number of nitrogens with one attached hydrogen (secondary N) is 1. The Balaban J connectivity index is 2.68. The summed E-state index contributed by atoms with van der Waals surface area (Å²) in [6, 6.07) is 7.48. The monoisotopic (exact) mass is 231 g/mol. The molecule has 0 bridgehead atoms. The molecule has 0 saturated heterocycles. The summed E-state index contributed by atoms with van der Waals surface area (Å²) in [7, 11) is 0. The van der Waals surface area contributed by atoms with Gasteiger partial charge in [-0.25, -0.2) is 4.98 Å². The zero-order valence-electron chi connectivity index (χ0n) is 9.01. The predicted octanol–water partition coefficient (Wildman–Crippen LogP) is 1.65. The average Bonchev–Trinajstić information content (AvgIpc) is 2.27. The fourth-order valence-corrected chi connectivity index (χ4v) is 1.54. The molecule has 0 unspecified atom stereocenters. The molecule has 86 valence electrons. The zero-order chi connectivity index (χ0) is 12.4. The van der Waals surface area contributed by atoms with E-state index in [1.807, 2.05) is 0 Å². The number of nitro benzene ring substituents is 1. The first kappa shape index (κ1) is 11.0. The average molecular weight is 231 g/mol. The fourth-order valence-electron chi connectivity index (χ4n) is 1.54. The van der Waals surface area contributed by atoms with E-state index in [1.54, 1.807) is 25.1 Å². The number of para-hydroxylation sites is 1. The van der Waals surface area contributed by atoms with Crippen LogP contribution in [0.3, 0.4) is 0 Å². The van der Waals surface area contributed by atoms with Gasteiger partial charge in [-0.1, -0.05) is 12.1 Å². The molecule has 0 saturated carbocycles. The molecule has 0 aliphatic carbocycles. The highest BCUT2D eigenvalue weighted by atomic mass is 16.6. The predicted molar refractivity (Wildman–Crippen MR) is 61.7 cm³/mol. The summed E-state index contributed by atoms with van der Waals surface area (Å²) in [5.74, 6) is 0.210. The van der Waals surface area contributed by atoms with Gasteiger partial charge in [-0.05, 0) is 13.0 Å². The van der Waals surface area contributed by atoms with Crippen molar-refractivity contribution in [2.45, 2.75) is 6.92 Å². The maximum absolute atomic E-state index is 11.3. The van der Waals surface area contributed by atoms with Crippen LogP contribution < -0.4 is 5.56 Å². The van der Waals surface area contributed by atoms with E-state index in [2.05, 4.69) is 9.97 Å². The zero-order valence-corrected chi connectivity index (χ0v) is 9.01. The second-order valence-electron chi connectivity index (χ2n) is 3.51. The Kier molecular flexibility index (Phi) is 2.70. The van der Waals surface area contributed by atoms with E-state index in [9.17, 15) is 14.9 Å². The van der Waals surface area contributed by atoms with Crippen LogP contribution in [0.25, 0.3) is 11.4 Å². The molecule has 1 aromatic carbocycles. The first-order valence-electron chi connectivity index (χ1n) is 4.89. The molecule has 0 amide bonds. The van der Waals surface area contributed by atoms with Crippen molar-refractivity contribution in [2.24, 2.45) is 0 Å². The number of aryl methyl sites for hydroxylation is 1. The first-order valence-corrected chi connectivity index (χ1v) is 4.89. The van der Waals surface area contributed by atoms with Crippen molar-refractivity contribution in [1.82, 2.24) is 9.97 Å². The van der Waals surface area contributed by atoms with Crippen LogP contribution in [0.4, 0.5) is 5.69 Å². The van der Waals surface area contributed by atoms with Crippen LogP contribution in [0.1, 0.15) is 5.69 Å². The molecule has 0 fully saturated rings. The number of benzene rings is 1. The van der Waals surface area contributed by atoms with Crippen molar-refractivity contribution >= 4 is 5.69 Å². The van der Waals surface area contributed by atoms with E-state index in [0.29, 0.717) is 11.3 Å². The van der Waals surface area contributed by atoms with E-state index in [-0.39, 0.29) is 17.1 Å². The van der Waals surface area contributed by atoms with Crippen LogP contribution in [0.2, 0.25) is 0 Å². The summed E-state index contributed by atoms with van der Waals surface area (Å²) in [6.07, 6.45) is 0. The Morgan fingerprint density at radius 3 is 2.71 bits per heavy atom. The second kappa shape index (κ2) is 4.17. The van der Waals surface area contributed by atoms with Crippen molar-refractivity contribution in [1.29, 1.82) is 0 Å². The largest absolute Gasteiger partial charge is 0.306 e. The van der Waals surface area contributed by atoms with Crippen LogP contribution in [-0.4, -0.2) is 14.9 Å². The van der Waals surface area contributed by atoms with Gasteiger partial charge in [0, 0.05) is 17.8 Å². The van der Waals surface area contributed by atoms with Crippen LogP contribution >= 0.6 is 0 Å². The molecule has 2 aromatic rings. The molecule has 1 N–H and O–H groups in total. The fraction of sp³-hybridized carbons (Fsp3) is 0.0909. The summed E-state index contributed by atoms with van der Waals surface area (Å²) in [5, 5.41) is 10.9. The summed E-state index contributed by atoms with van der Waals surface area (Å²) in [4.78, 5) is 28.2. The number of aromatic nitrogens is 2. The van der Waals surface area contributed by atoms with Crippen LogP contribution in [0.15, 0.2) is 35.1 Å². The summed E-state index contributed by atoms with van der Waals surface area (Å²) in [5.41, 5.74) is 0.409. The van der Waals surface area contributed by atoms with Crippen LogP contribution in [0.5, 0.6) is 0 Å². The number of H-pyrrole nitrogens is 1. The van der Waals surface area contributed by atoms with Gasteiger partial charge in [0.25, 0.3) is 11.2 Å². The van der Waals surface area contributed by atoms with E-state index in [4.69, 9.17) is 0 Å². The lowest BCUT2D eigenvalue weighted by Crippen LogP contribution is -2.09. The number of aromatic amines is 1. The van der Waals surface area contributed by atoms with Crippen molar-refractivity contribution in [3.63, 3.8) is 0 Å². The van der Waals surface area contributed by atoms with E-state index >= 15 is 0 Å². The third-order valence-electron chi connectivity index (χ3n) is 2.23. The number of nitro groups is 1. The molecule has 0 aliphatic rings. The molecule has 2 rings (SSSR count). The van der Waals surface area contributed by atoms with Crippen molar-refractivity contribution in [2.75, 3.05) is 0 Å². The van der Waals surface area contributed by atoms with Gasteiger partial charge in [0.05, 0.1) is 10.5 Å². The lowest BCUT2D eigenvalue weighted by Gasteiger charge is -2.02.